The average Bonchev–Trinajstić information content (AvgIpc) is 2.96. The van der Waals surface area contributed by atoms with E-state index in [1.165, 1.54) is 0 Å². The molecule has 6 heteroatoms. The molecule has 1 unspecified atom stereocenters. The number of nitrogens with one attached hydrogen (secondary N) is 1. The zero-order valence-corrected chi connectivity index (χ0v) is 12.8. The average molecular weight is 313 g/mol. The number of nitrogens with zero attached hydrogens (tertiary/aromatic N) is 2. The van der Waals surface area contributed by atoms with Gasteiger partial charge >= 0.3 is 0 Å². The van der Waals surface area contributed by atoms with Crippen LogP contribution in [-0.2, 0) is 11.8 Å². The van der Waals surface area contributed by atoms with Gasteiger partial charge in [-0.1, -0.05) is 30.3 Å². The Morgan fingerprint density at radius 2 is 2.00 bits per heavy atom. The van der Waals surface area contributed by atoms with E-state index in [-0.39, 0.29) is 18.1 Å². The van der Waals surface area contributed by atoms with Gasteiger partial charge in [0.15, 0.2) is 0 Å². The zero-order valence-electron chi connectivity index (χ0n) is 12.8. The molecule has 0 spiro atoms. The van der Waals surface area contributed by atoms with Crippen molar-refractivity contribution in [3.05, 3.63) is 53.9 Å². The highest BCUT2D eigenvalue weighted by Crippen LogP contribution is 2.37. The van der Waals surface area contributed by atoms with Crippen LogP contribution >= 0.6 is 0 Å². The minimum Gasteiger partial charge on any atom is -0.393 e. The maximum atomic E-state index is 12.3. The fraction of sp³-hybridized carbons (Fsp3) is 0.353. The Morgan fingerprint density at radius 3 is 2.57 bits per heavy atom. The number of aliphatic hydroxyl groups is 1. The summed E-state index contributed by atoms with van der Waals surface area (Å²) in [6.07, 6.45) is 4.39. The van der Waals surface area contributed by atoms with E-state index >= 15 is 0 Å². The van der Waals surface area contributed by atoms with Gasteiger partial charge in [-0.3, -0.25) is 14.3 Å². The summed E-state index contributed by atoms with van der Waals surface area (Å²) in [5, 5.41) is 16.5. The van der Waals surface area contributed by atoms with Crippen LogP contribution in [0.1, 0.15) is 34.8 Å². The number of rotatable bonds is 5. The van der Waals surface area contributed by atoms with E-state index in [9.17, 15) is 14.7 Å². The molecule has 120 valence electrons. The number of carbonyl (C=O) groups excluding carboxylic acids is 2. The summed E-state index contributed by atoms with van der Waals surface area (Å²) < 4.78 is 1.66. The first-order valence-electron chi connectivity index (χ1n) is 7.61. The van der Waals surface area contributed by atoms with Crippen LogP contribution in [0.5, 0.6) is 0 Å². The lowest BCUT2D eigenvalue weighted by atomic mass is 9.75. The molecule has 0 radical (unpaired) electrons. The lowest BCUT2D eigenvalue weighted by molar-refractivity contribution is -0.118. The Bertz CT molecular complexity index is 705. The van der Waals surface area contributed by atoms with Crippen LogP contribution in [0.4, 0.5) is 0 Å². The molecule has 0 aliphatic heterocycles. The van der Waals surface area contributed by atoms with Crippen molar-refractivity contribution in [1.29, 1.82) is 0 Å². The Labute approximate surface area is 134 Å². The summed E-state index contributed by atoms with van der Waals surface area (Å²) in [4.78, 5) is 24.5. The van der Waals surface area contributed by atoms with E-state index in [1.807, 2.05) is 6.20 Å². The summed E-state index contributed by atoms with van der Waals surface area (Å²) in [5.74, 6) is -1.08. The number of aryl methyl sites for hydroxylation is 1. The van der Waals surface area contributed by atoms with Crippen molar-refractivity contribution < 1.29 is 14.7 Å². The molecule has 2 N–H and O–H groups in total. The van der Waals surface area contributed by atoms with Gasteiger partial charge in [0.1, 0.15) is 0 Å². The summed E-state index contributed by atoms with van der Waals surface area (Å²) in [7, 11) is 1.80. The molecule has 1 atom stereocenters. The van der Waals surface area contributed by atoms with Crippen LogP contribution < -0.4 is 5.32 Å². The van der Waals surface area contributed by atoms with Gasteiger partial charge in [-0.05, 0) is 18.8 Å². The normalized spacial score (nSPS) is 21.3. The van der Waals surface area contributed by atoms with Crippen LogP contribution in [0, 0.1) is 5.92 Å². The maximum absolute atomic E-state index is 12.3. The van der Waals surface area contributed by atoms with Crippen molar-refractivity contribution in [3.8, 4) is 0 Å². The van der Waals surface area contributed by atoms with Gasteiger partial charge in [0.25, 0.3) is 5.91 Å². The highest BCUT2D eigenvalue weighted by molar-refractivity contribution is 6.42. The fourth-order valence-electron chi connectivity index (χ4n) is 2.90. The maximum Gasteiger partial charge on any atom is 0.292 e. The first-order valence-corrected chi connectivity index (χ1v) is 7.61. The van der Waals surface area contributed by atoms with E-state index in [4.69, 9.17) is 0 Å². The standard InChI is InChI=1S/C17H19N3O3/c1-20-10-13(9-18-20)15(12-7-14(21)8-12)19-17(23)16(22)11-5-3-2-4-6-11/h2-6,9-10,12,14-15,21H,7-8H2,1H3,(H,19,23). The smallest absolute Gasteiger partial charge is 0.292 e. The Morgan fingerprint density at radius 1 is 1.30 bits per heavy atom. The minimum absolute atomic E-state index is 0.113. The van der Waals surface area contributed by atoms with Gasteiger partial charge in [-0.15, -0.1) is 0 Å². The quantitative estimate of drug-likeness (QED) is 0.642. The molecule has 1 fully saturated rings. The highest BCUT2D eigenvalue weighted by atomic mass is 16.3. The van der Waals surface area contributed by atoms with Gasteiger partial charge in [0, 0.05) is 24.4 Å². The molecule has 23 heavy (non-hydrogen) atoms. The molecular weight excluding hydrogens is 294 g/mol. The van der Waals surface area contributed by atoms with Crippen molar-refractivity contribution in [2.75, 3.05) is 0 Å². The summed E-state index contributed by atoms with van der Waals surface area (Å²) in [5.41, 5.74) is 1.21. The molecule has 1 saturated carbocycles. The Balaban J connectivity index is 1.76. The molecule has 1 aromatic carbocycles. The second-order valence-corrected chi connectivity index (χ2v) is 5.98. The monoisotopic (exact) mass is 313 g/mol. The highest BCUT2D eigenvalue weighted by Gasteiger charge is 2.37. The van der Waals surface area contributed by atoms with Crippen LogP contribution in [0.2, 0.25) is 0 Å². The molecule has 1 heterocycles. The topological polar surface area (TPSA) is 84.2 Å². The van der Waals surface area contributed by atoms with Crippen LogP contribution in [0.15, 0.2) is 42.7 Å². The van der Waals surface area contributed by atoms with Gasteiger partial charge < -0.3 is 10.4 Å². The zero-order chi connectivity index (χ0) is 16.4. The number of benzene rings is 1. The third kappa shape index (κ3) is 3.32. The van der Waals surface area contributed by atoms with E-state index < -0.39 is 11.7 Å². The first kappa shape index (κ1) is 15.4. The first-order chi connectivity index (χ1) is 11.0. The molecule has 0 bridgehead atoms. The summed E-state index contributed by atoms with van der Waals surface area (Å²) in [6.45, 7) is 0. The van der Waals surface area contributed by atoms with Crippen LogP contribution in [0.3, 0.4) is 0 Å². The van der Waals surface area contributed by atoms with Crippen molar-refractivity contribution in [2.45, 2.75) is 25.0 Å². The second-order valence-electron chi connectivity index (χ2n) is 5.98. The Hall–Kier alpha value is -2.47. The van der Waals surface area contributed by atoms with Crippen molar-refractivity contribution in [1.82, 2.24) is 15.1 Å². The number of aliphatic hydroxyl groups excluding tert-OH is 1. The number of carbonyl (C=O) groups is 2. The molecule has 1 aliphatic carbocycles. The summed E-state index contributed by atoms with van der Waals surface area (Å²) >= 11 is 0. The van der Waals surface area contributed by atoms with Crippen LogP contribution in [-0.4, -0.2) is 32.7 Å². The van der Waals surface area contributed by atoms with Crippen molar-refractivity contribution >= 4 is 11.7 Å². The lowest BCUT2D eigenvalue weighted by Gasteiger charge is -2.37. The molecule has 0 saturated heterocycles. The largest absolute Gasteiger partial charge is 0.393 e. The predicted octanol–water partition coefficient (Wildman–Crippen LogP) is 1.23. The number of hydrogen-bond donors (Lipinski definition) is 2. The third-order valence-electron chi connectivity index (χ3n) is 4.23. The van der Waals surface area contributed by atoms with Gasteiger partial charge in [0.2, 0.25) is 5.78 Å². The second kappa shape index (κ2) is 6.34. The van der Waals surface area contributed by atoms with Gasteiger partial charge in [-0.2, -0.15) is 5.10 Å². The third-order valence-corrected chi connectivity index (χ3v) is 4.23. The molecule has 2 aromatic rings. The number of aromatic nitrogens is 2. The van der Waals surface area contributed by atoms with E-state index in [0.717, 1.165) is 5.56 Å². The van der Waals surface area contributed by atoms with Crippen molar-refractivity contribution in [2.24, 2.45) is 13.0 Å². The number of ketones is 1. The van der Waals surface area contributed by atoms with E-state index in [0.29, 0.717) is 18.4 Å². The summed E-state index contributed by atoms with van der Waals surface area (Å²) in [6, 6.07) is 8.17. The molecule has 1 aromatic heterocycles. The van der Waals surface area contributed by atoms with Gasteiger partial charge in [0.05, 0.1) is 18.3 Å². The number of hydrogen-bond acceptors (Lipinski definition) is 4. The SMILES string of the molecule is Cn1cc(C(NC(=O)C(=O)c2ccccc2)C2CC(O)C2)cn1. The van der Waals surface area contributed by atoms with Gasteiger partial charge in [-0.25, -0.2) is 0 Å². The lowest BCUT2D eigenvalue weighted by Crippen LogP contribution is -2.43. The molecular formula is C17H19N3O3. The Kier molecular flexibility index (Phi) is 4.25. The van der Waals surface area contributed by atoms with E-state index in [1.54, 1.807) is 48.3 Å². The van der Waals surface area contributed by atoms with Crippen LogP contribution in [0.25, 0.3) is 0 Å². The molecule has 1 aliphatic rings. The van der Waals surface area contributed by atoms with E-state index in [2.05, 4.69) is 10.4 Å². The molecule has 1 amide bonds. The molecule has 6 nitrogen and oxygen atoms in total. The number of amides is 1. The fourth-order valence-corrected chi connectivity index (χ4v) is 2.90. The molecule has 3 rings (SSSR count). The number of Topliss-reactive ketones (excluding diaryl/α,β-unsaturated/α-hetero) is 1. The predicted molar refractivity (Wildman–Crippen MR) is 83.6 cm³/mol. The minimum atomic E-state index is -0.633. The van der Waals surface area contributed by atoms with Crippen molar-refractivity contribution in [3.63, 3.8) is 0 Å².